The van der Waals surface area contributed by atoms with Gasteiger partial charge >= 0.3 is 12.2 Å². The van der Waals surface area contributed by atoms with Crippen molar-refractivity contribution in [3.8, 4) is 33.6 Å². The molecule has 74 heavy (non-hydrogen) atoms. The lowest BCUT2D eigenvalue weighted by atomic mass is 10.0. The van der Waals surface area contributed by atoms with Gasteiger partial charge in [-0.05, 0) is 72.6 Å². The Morgan fingerprint density at radius 3 is 1.22 bits per heavy atom. The van der Waals surface area contributed by atoms with Gasteiger partial charge in [0.25, 0.3) is 0 Å². The average molecular weight is 1000 g/mol. The summed E-state index contributed by atoms with van der Waals surface area (Å²) in [7, 11) is 2.53. The van der Waals surface area contributed by atoms with Gasteiger partial charge in [0.1, 0.15) is 23.7 Å². The summed E-state index contributed by atoms with van der Waals surface area (Å²) in [5.41, 5.74) is 6.65. The predicted molar refractivity (Wildman–Crippen MR) is 281 cm³/mol. The van der Waals surface area contributed by atoms with Gasteiger partial charge in [0, 0.05) is 37.1 Å². The number of carbonyl (C=O) groups is 6. The third kappa shape index (κ3) is 11.6. The van der Waals surface area contributed by atoms with Crippen molar-refractivity contribution in [2.75, 3.05) is 27.3 Å². The molecule has 4 aromatic carbocycles. The summed E-state index contributed by atoms with van der Waals surface area (Å²) in [5.74, 6) is -0.279. The molecule has 2 N–H and O–H groups in total. The van der Waals surface area contributed by atoms with Crippen LogP contribution >= 0.6 is 0 Å². The molecule has 2 aliphatic rings. The molecule has 8 rings (SSSR count). The van der Waals surface area contributed by atoms with Crippen molar-refractivity contribution >= 4 is 35.8 Å². The fourth-order valence-electron chi connectivity index (χ4n) is 10.2. The molecule has 0 saturated carbocycles. The van der Waals surface area contributed by atoms with E-state index in [-0.39, 0.29) is 48.3 Å². The number of benzene rings is 4. The van der Waals surface area contributed by atoms with Gasteiger partial charge in [0.15, 0.2) is 0 Å². The number of likely N-dealkylation sites (tertiary alicyclic amines) is 2. The van der Waals surface area contributed by atoms with Crippen molar-refractivity contribution in [3.63, 3.8) is 0 Å². The summed E-state index contributed by atoms with van der Waals surface area (Å²) >= 11 is 0. The van der Waals surface area contributed by atoms with E-state index in [9.17, 15) is 28.8 Å². The van der Waals surface area contributed by atoms with E-state index >= 15 is 0 Å². The number of aromatic nitrogens is 4. The van der Waals surface area contributed by atoms with Crippen LogP contribution in [0.15, 0.2) is 122 Å². The Hall–Kier alpha value is -7.88. The van der Waals surface area contributed by atoms with E-state index in [0.717, 1.165) is 33.4 Å². The van der Waals surface area contributed by atoms with Crippen LogP contribution in [0, 0.1) is 11.8 Å². The maximum absolute atomic E-state index is 14.5. The van der Waals surface area contributed by atoms with Gasteiger partial charge < -0.3 is 29.9 Å². The molecule has 4 amide bonds. The van der Waals surface area contributed by atoms with Crippen LogP contribution in [0.25, 0.3) is 33.6 Å². The van der Waals surface area contributed by atoms with Crippen LogP contribution in [-0.2, 0) is 31.9 Å². The van der Waals surface area contributed by atoms with E-state index in [4.69, 9.17) is 19.4 Å². The van der Waals surface area contributed by atoms with Crippen molar-refractivity contribution in [1.29, 1.82) is 0 Å². The molecule has 0 bridgehead atoms. The van der Waals surface area contributed by atoms with E-state index < -0.39 is 36.4 Å². The molecule has 6 aromatic rings. The van der Waals surface area contributed by atoms with Gasteiger partial charge in [-0.2, -0.15) is 0 Å². The number of hydrogen-bond donors (Lipinski definition) is 2. The molecule has 0 radical (unpaired) electrons. The Bertz CT molecular complexity index is 2730. The lowest BCUT2D eigenvalue weighted by molar-refractivity contribution is -0.136. The molecule has 386 valence electrons. The Balaban J connectivity index is 1.08. The fraction of sp³-hybridized carbons (Fsp3) is 0.379. The highest BCUT2D eigenvalue weighted by Crippen LogP contribution is 2.38. The highest BCUT2D eigenvalue weighted by atomic mass is 16.5. The largest absolute Gasteiger partial charge is 0.453 e. The molecule has 0 unspecified atom stereocenters. The van der Waals surface area contributed by atoms with Crippen LogP contribution < -0.4 is 10.6 Å². The predicted octanol–water partition coefficient (Wildman–Crippen LogP) is 9.71. The van der Waals surface area contributed by atoms with Gasteiger partial charge in [0.2, 0.25) is 23.6 Å². The second-order valence-electron chi connectivity index (χ2n) is 19.7. The normalized spacial score (nSPS) is 16.3. The van der Waals surface area contributed by atoms with Crippen LogP contribution in [0.4, 0.5) is 9.59 Å². The molecule has 2 fully saturated rings. The number of nitrogens with zero attached hydrogens (tertiary/aromatic N) is 6. The molecule has 16 heteroatoms. The van der Waals surface area contributed by atoms with Crippen LogP contribution in [-0.4, -0.2) is 104 Å². The fourth-order valence-corrected chi connectivity index (χ4v) is 10.2. The number of imidazole rings is 2. The van der Waals surface area contributed by atoms with Crippen LogP contribution in [0.3, 0.4) is 0 Å². The topological polar surface area (TPSA) is 187 Å². The SMILES string of the molecule is COC(=O)N[C@H](C(=O)N1CCC[C@@H]1c1ncc(-c2ccc(-c3ccc(-c4cnc([C@H]5CCCN5C(=O)[C@@H](NC(=O)OC)C(C)C)n4C(=O)CCc4ccccc4)cc3)cc2)n1C(=O)CCc1ccccc1)C(C)C. The van der Waals surface area contributed by atoms with E-state index in [1.807, 2.05) is 137 Å². The number of aryl methyl sites for hydroxylation is 2. The maximum atomic E-state index is 14.5. The second kappa shape index (κ2) is 23.8. The highest BCUT2D eigenvalue weighted by molar-refractivity contribution is 5.89. The first-order valence-electron chi connectivity index (χ1n) is 25.6. The van der Waals surface area contributed by atoms with Gasteiger partial charge in [-0.25, -0.2) is 19.6 Å². The minimum atomic E-state index is -0.824. The van der Waals surface area contributed by atoms with Crippen molar-refractivity contribution in [1.82, 2.24) is 39.5 Å². The number of amides is 4. The van der Waals surface area contributed by atoms with Gasteiger partial charge in [0.05, 0.1) is 50.1 Å². The summed E-state index contributed by atoms with van der Waals surface area (Å²) in [6, 6.07) is 32.9. The third-order valence-electron chi connectivity index (χ3n) is 14.2. The average Bonchev–Trinajstić information content (AvgIpc) is 4.27. The number of alkyl carbamates (subject to hydrolysis) is 2. The zero-order valence-electron chi connectivity index (χ0n) is 43.0. The molecule has 4 heterocycles. The molecule has 4 atom stereocenters. The zero-order chi connectivity index (χ0) is 52.5. The Morgan fingerprint density at radius 1 is 0.527 bits per heavy atom. The summed E-state index contributed by atoms with van der Waals surface area (Å²) in [5, 5.41) is 5.41. The Kier molecular flexibility index (Phi) is 16.8. The minimum absolute atomic E-state index is 0.146. The van der Waals surface area contributed by atoms with Gasteiger partial charge in [-0.15, -0.1) is 0 Å². The first-order valence-corrected chi connectivity index (χ1v) is 25.6. The van der Waals surface area contributed by atoms with Crippen molar-refractivity contribution in [2.45, 2.75) is 103 Å². The summed E-state index contributed by atoms with van der Waals surface area (Å²) in [6.07, 6.45) is 6.12. The Labute approximate surface area is 432 Å². The van der Waals surface area contributed by atoms with E-state index in [1.165, 1.54) is 14.2 Å². The zero-order valence-corrected chi connectivity index (χ0v) is 43.0. The Morgan fingerprint density at radius 2 is 0.878 bits per heavy atom. The first-order chi connectivity index (χ1) is 35.8. The lowest BCUT2D eigenvalue weighted by Crippen LogP contribution is -2.51. The number of hydrogen-bond acceptors (Lipinski definition) is 10. The monoisotopic (exact) mass is 1000 g/mol. The number of methoxy groups -OCH3 is 2. The number of ether oxygens (including phenoxy) is 2. The van der Waals surface area contributed by atoms with Crippen LogP contribution in [0.1, 0.15) is 111 Å². The molecule has 0 spiro atoms. The summed E-state index contributed by atoms with van der Waals surface area (Å²) in [4.78, 5) is 95.0. The van der Waals surface area contributed by atoms with Crippen LogP contribution in [0.5, 0.6) is 0 Å². The van der Waals surface area contributed by atoms with Gasteiger partial charge in [-0.3, -0.25) is 28.3 Å². The number of rotatable bonds is 17. The third-order valence-corrected chi connectivity index (χ3v) is 14.2. The molecular weight excluding hydrogens is 937 g/mol. The van der Waals surface area contributed by atoms with Crippen molar-refractivity contribution in [2.24, 2.45) is 11.8 Å². The molecule has 0 aliphatic carbocycles. The molecule has 2 aliphatic heterocycles. The minimum Gasteiger partial charge on any atom is -0.453 e. The van der Waals surface area contributed by atoms with E-state index in [0.29, 0.717) is 74.7 Å². The number of nitrogens with one attached hydrogen (secondary N) is 2. The standard InChI is InChI=1S/C58H66N8O8/c1-37(2)51(61-57(71)73-5)55(69)63-33-13-19-45(63)53-59-35-47(65(53)49(67)31-21-39-15-9-7-10-16-39)43-27-23-41(24-28-43)42-25-29-44(30-26-42)48-36-60-54(66(48)50(68)32-22-40-17-11-8-12-18-40)46-20-14-34-64(46)56(70)52(38(3)4)62-58(72)74-6/h7-12,15-18,23-30,35-38,45-46,51-52H,13-14,19-22,31-34H2,1-6H3,(H,61,71)(H,62,72)/t45-,46-,51+,52+/m1/s1. The smallest absolute Gasteiger partial charge is 0.407 e. The van der Waals surface area contributed by atoms with Crippen molar-refractivity contribution in [3.05, 3.63) is 144 Å². The molecular formula is C58H66N8O8. The van der Waals surface area contributed by atoms with Crippen molar-refractivity contribution < 1.29 is 38.2 Å². The first kappa shape index (κ1) is 52.4. The van der Waals surface area contributed by atoms with E-state index in [1.54, 1.807) is 31.3 Å². The van der Waals surface area contributed by atoms with E-state index in [2.05, 4.69) is 10.6 Å². The molecule has 2 saturated heterocycles. The van der Waals surface area contributed by atoms with Gasteiger partial charge in [-0.1, -0.05) is 137 Å². The molecule has 16 nitrogen and oxygen atoms in total. The van der Waals surface area contributed by atoms with Crippen LogP contribution in [0.2, 0.25) is 0 Å². The summed E-state index contributed by atoms with van der Waals surface area (Å²) < 4.78 is 13.0. The summed E-state index contributed by atoms with van der Waals surface area (Å²) in [6.45, 7) is 8.37. The highest BCUT2D eigenvalue weighted by Gasteiger charge is 2.41. The number of carbonyl (C=O) groups excluding carboxylic acids is 6. The maximum Gasteiger partial charge on any atom is 0.407 e. The lowest BCUT2D eigenvalue weighted by Gasteiger charge is -2.30. The quantitative estimate of drug-likeness (QED) is 0.0891. The second-order valence-corrected chi connectivity index (χ2v) is 19.7. The molecule has 2 aromatic heterocycles.